The summed E-state index contributed by atoms with van der Waals surface area (Å²) in [4.78, 5) is 39.4. The van der Waals surface area contributed by atoms with Crippen LogP contribution in [0.4, 0.5) is 10.5 Å². The van der Waals surface area contributed by atoms with Crippen molar-refractivity contribution in [2.45, 2.75) is 20.4 Å². The minimum absolute atomic E-state index is 0.157. The van der Waals surface area contributed by atoms with E-state index in [-0.39, 0.29) is 30.2 Å². The van der Waals surface area contributed by atoms with Gasteiger partial charge in [-0.3, -0.25) is 19.3 Å². The third-order valence-corrected chi connectivity index (χ3v) is 7.19. The van der Waals surface area contributed by atoms with Gasteiger partial charge in [0.2, 0.25) is 0 Å². The van der Waals surface area contributed by atoms with Gasteiger partial charge in [0.1, 0.15) is 0 Å². The molecular weight excluding hydrogens is 592 g/mol. The summed E-state index contributed by atoms with van der Waals surface area (Å²) in [5, 5.41) is 3.02. The van der Waals surface area contributed by atoms with Crippen LogP contribution in [0, 0.1) is 6.92 Å². The van der Waals surface area contributed by atoms with Gasteiger partial charge in [0.15, 0.2) is 18.1 Å². The first-order valence-corrected chi connectivity index (χ1v) is 13.7. The second-order valence-corrected chi connectivity index (χ2v) is 10.6. The number of hydrogen-bond donors (Lipinski definition) is 1. The van der Waals surface area contributed by atoms with Gasteiger partial charge in [0.05, 0.1) is 22.5 Å². The van der Waals surface area contributed by atoms with E-state index in [1.165, 1.54) is 4.90 Å². The van der Waals surface area contributed by atoms with E-state index in [0.29, 0.717) is 43.8 Å². The van der Waals surface area contributed by atoms with Gasteiger partial charge in [-0.1, -0.05) is 41.4 Å². The maximum atomic E-state index is 13.0. The van der Waals surface area contributed by atoms with Gasteiger partial charge in [0, 0.05) is 10.7 Å². The number of amides is 3. The molecule has 1 aliphatic heterocycles. The van der Waals surface area contributed by atoms with Crippen LogP contribution in [-0.2, 0) is 16.1 Å². The molecule has 0 aromatic heterocycles. The van der Waals surface area contributed by atoms with E-state index < -0.39 is 0 Å². The summed E-state index contributed by atoms with van der Waals surface area (Å²) in [5.74, 6) is 0.0642. The highest BCUT2D eigenvalue weighted by molar-refractivity contribution is 9.10. The zero-order valence-corrected chi connectivity index (χ0v) is 23.8. The van der Waals surface area contributed by atoms with Crippen LogP contribution in [0.1, 0.15) is 23.6 Å². The van der Waals surface area contributed by atoms with E-state index in [9.17, 15) is 14.4 Å². The first-order valence-electron chi connectivity index (χ1n) is 11.7. The summed E-state index contributed by atoms with van der Waals surface area (Å²) in [6, 6.07) is 17.9. The summed E-state index contributed by atoms with van der Waals surface area (Å²) in [6.07, 6.45) is 1.63. The molecule has 1 saturated heterocycles. The lowest BCUT2D eigenvalue weighted by molar-refractivity contribution is -0.123. The van der Waals surface area contributed by atoms with Crippen molar-refractivity contribution in [1.82, 2.24) is 4.90 Å². The van der Waals surface area contributed by atoms with Crippen LogP contribution >= 0.6 is 39.3 Å². The van der Waals surface area contributed by atoms with Crippen LogP contribution in [-0.4, -0.2) is 35.2 Å². The Balaban J connectivity index is 1.48. The van der Waals surface area contributed by atoms with Gasteiger partial charge in [-0.05, 0) is 95.1 Å². The SMILES string of the molecule is CCOc1cc(/C=C2/SC(=O)N(Cc3ccc(Cl)cc3)C2=O)cc(Br)c1OCC(=O)Nc1ccc(C)cc1. The Hall–Kier alpha value is -3.27. The second-order valence-electron chi connectivity index (χ2n) is 8.36. The second kappa shape index (κ2) is 12.5. The average molecular weight is 616 g/mol. The van der Waals surface area contributed by atoms with Crippen LogP contribution in [0.5, 0.6) is 11.5 Å². The molecule has 0 spiro atoms. The molecule has 196 valence electrons. The molecule has 3 aromatic carbocycles. The number of imide groups is 1. The Labute approximate surface area is 238 Å². The Morgan fingerprint density at radius 1 is 1.08 bits per heavy atom. The minimum atomic E-state index is -0.378. The molecule has 38 heavy (non-hydrogen) atoms. The van der Waals surface area contributed by atoms with E-state index in [0.717, 1.165) is 22.9 Å². The predicted octanol–water partition coefficient (Wildman–Crippen LogP) is 7.06. The van der Waals surface area contributed by atoms with E-state index in [4.69, 9.17) is 21.1 Å². The molecule has 0 atom stereocenters. The number of nitrogens with zero attached hydrogens (tertiary/aromatic N) is 1. The molecule has 3 aromatic rings. The molecule has 4 rings (SSSR count). The largest absolute Gasteiger partial charge is 0.490 e. The molecule has 0 unspecified atom stereocenters. The van der Waals surface area contributed by atoms with Gasteiger partial charge in [-0.2, -0.15) is 0 Å². The zero-order chi connectivity index (χ0) is 27.2. The molecule has 1 aliphatic rings. The number of hydrogen-bond acceptors (Lipinski definition) is 6. The summed E-state index contributed by atoms with van der Waals surface area (Å²) in [7, 11) is 0. The molecule has 7 nitrogen and oxygen atoms in total. The van der Waals surface area contributed by atoms with Crippen molar-refractivity contribution >= 4 is 68.1 Å². The topological polar surface area (TPSA) is 84.9 Å². The predicted molar refractivity (Wildman–Crippen MR) is 154 cm³/mol. The van der Waals surface area contributed by atoms with Crippen molar-refractivity contribution in [3.8, 4) is 11.5 Å². The molecule has 1 fully saturated rings. The summed E-state index contributed by atoms with van der Waals surface area (Å²) >= 11 is 10.3. The fourth-order valence-electron chi connectivity index (χ4n) is 3.61. The minimum Gasteiger partial charge on any atom is -0.490 e. The van der Waals surface area contributed by atoms with Gasteiger partial charge in [-0.15, -0.1) is 0 Å². The molecular formula is C28H24BrClN2O5S. The first-order chi connectivity index (χ1) is 18.2. The van der Waals surface area contributed by atoms with E-state index >= 15 is 0 Å². The summed E-state index contributed by atoms with van der Waals surface area (Å²) in [5.41, 5.74) is 3.20. The number of nitrogens with one attached hydrogen (secondary N) is 1. The van der Waals surface area contributed by atoms with E-state index in [2.05, 4.69) is 21.2 Å². The lowest BCUT2D eigenvalue weighted by atomic mass is 10.1. The number of benzene rings is 3. The molecule has 3 amide bonds. The normalized spacial score (nSPS) is 14.2. The highest BCUT2D eigenvalue weighted by Crippen LogP contribution is 2.39. The van der Waals surface area contributed by atoms with Crippen LogP contribution < -0.4 is 14.8 Å². The van der Waals surface area contributed by atoms with Crippen molar-refractivity contribution in [3.63, 3.8) is 0 Å². The molecule has 0 radical (unpaired) electrons. The third kappa shape index (κ3) is 6.98. The van der Waals surface area contributed by atoms with Crippen molar-refractivity contribution in [1.29, 1.82) is 0 Å². The lowest BCUT2D eigenvalue weighted by Crippen LogP contribution is -2.27. The van der Waals surface area contributed by atoms with Crippen LogP contribution in [0.2, 0.25) is 5.02 Å². The van der Waals surface area contributed by atoms with Gasteiger partial charge >= 0.3 is 0 Å². The van der Waals surface area contributed by atoms with Crippen LogP contribution in [0.15, 0.2) is 70.0 Å². The number of ether oxygens (including phenoxy) is 2. The molecule has 0 aliphatic carbocycles. The first kappa shape index (κ1) is 27.8. The van der Waals surface area contributed by atoms with E-state index in [1.807, 2.05) is 38.1 Å². The number of aryl methyl sites for hydroxylation is 1. The summed E-state index contributed by atoms with van der Waals surface area (Å²) in [6.45, 7) is 4.09. The number of halogens is 2. The number of anilines is 1. The van der Waals surface area contributed by atoms with Crippen molar-refractivity contribution < 1.29 is 23.9 Å². The summed E-state index contributed by atoms with van der Waals surface area (Å²) < 4.78 is 12.1. The smallest absolute Gasteiger partial charge is 0.293 e. The Kier molecular flexibility index (Phi) is 9.14. The third-order valence-electron chi connectivity index (χ3n) is 5.44. The number of carbonyl (C=O) groups excluding carboxylic acids is 3. The molecule has 10 heteroatoms. The van der Waals surface area contributed by atoms with Crippen molar-refractivity contribution in [2.75, 3.05) is 18.5 Å². The molecule has 0 bridgehead atoms. The maximum Gasteiger partial charge on any atom is 0.293 e. The average Bonchev–Trinajstić information content (AvgIpc) is 3.13. The number of carbonyl (C=O) groups is 3. The quantitative estimate of drug-likeness (QED) is 0.259. The fraction of sp³-hybridized carbons (Fsp3) is 0.179. The van der Waals surface area contributed by atoms with Crippen LogP contribution in [0.25, 0.3) is 6.08 Å². The fourth-order valence-corrected chi connectivity index (χ4v) is 5.14. The van der Waals surface area contributed by atoms with Gasteiger partial charge in [0.25, 0.3) is 17.1 Å². The van der Waals surface area contributed by atoms with E-state index in [1.54, 1.807) is 42.5 Å². The maximum absolute atomic E-state index is 13.0. The van der Waals surface area contributed by atoms with Crippen LogP contribution in [0.3, 0.4) is 0 Å². The monoisotopic (exact) mass is 614 g/mol. The molecule has 0 saturated carbocycles. The molecule has 1 N–H and O–H groups in total. The Morgan fingerprint density at radius 3 is 2.47 bits per heavy atom. The highest BCUT2D eigenvalue weighted by Gasteiger charge is 2.35. The van der Waals surface area contributed by atoms with Gasteiger partial charge in [-0.25, -0.2) is 0 Å². The number of rotatable bonds is 9. The van der Waals surface area contributed by atoms with Crippen molar-refractivity contribution in [3.05, 3.63) is 91.8 Å². The lowest BCUT2D eigenvalue weighted by Gasteiger charge is -2.15. The zero-order valence-electron chi connectivity index (χ0n) is 20.6. The number of thioether (sulfide) groups is 1. The van der Waals surface area contributed by atoms with Crippen molar-refractivity contribution in [2.24, 2.45) is 0 Å². The molecule has 1 heterocycles. The Bertz CT molecular complexity index is 1390. The Morgan fingerprint density at radius 2 is 1.79 bits per heavy atom. The van der Waals surface area contributed by atoms with Gasteiger partial charge < -0.3 is 14.8 Å². The standard InChI is InChI=1S/C28H24BrClN2O5S/c1-3-36-23-13-19(12-22(29)26(23)37-16-25(33)31-21-10-4-17(2)5-11-21)14-24-27(34)32(28(35)38-24)15-18-6-8-20(30)9-7-18/h4-14H,3,15-16H2,1-2H3,(H,31,33)/b24-14+. The highest BCUT2D eigenvalue weighted by atomic mass is 79.9.